The highest BCUT2D eigenvalue weighted by molar-refractivity contribution is 7.12. The molecule has 2 amide bonds. The van der Waals surface area contributed by atoms with Crippen LogP contribution < -0.4 is 0 Å². The monoisotopic (exact) mass is 292 g/mol. The van der Waals surface area contributed by atoms with E-state index in [2.05, 4.69) is 11.8 Å². The number of aliphatic hydroxyl groups excluding tert-OH is 1. The van der Waals surface area contributed by atoms with Gasteiger partial charge in [0.25, 0.3) is 0 Å². The van der Waals surface area contributed by atoms with Crippen molar-refractivity contribution in [3.05, 3.63) is 21.9 Å². The molecule has 0 spiro atoms. The molecular weight excluding hydrogens is 276 g/mol. The molecule has 1 N–H and O–H groups in total. The van der Waals surface area contributed by atoms with Crippen LogP contribution in [0.1, 0.15) is 16.7 Å². The zero-order chi connectivity index (χ0) is 14.5. The normalized spacial score (nSPS) is 15.3. The average Bonchev–Trinajstić information content (AvgIpc) is 2.87. The molecule has 5 nitrogen and oxygen atoms in total. The lowest BCUT2D eigenvalue weighted by atomic mass is 10.3. The fourth-order valence-electron chi connectivity index (χ4n) is 1.98. The van der Waals surface area contributed by atoms with Crippen LogP contribution in [0.5, 0.6) is 0 Å². The van der Waals surface area contributed by atoms with E-state index in [0.717, 1.165) is 9.75 Å². The quantitative estimate of drug-likeness (QED) is 0.814. The zero-order valence-corrected chi connectivity index (χ0v) is 12.1. The van der Waals surface area contributed by atoms with Crippen molar-refractivity contribution in [2.75, 3.05) is 26.2 Å². The van der Waals surface area contributed by atoms with Gasteiger partial charge in [-0.05, 0) is 19.1 Å². The van der Waals surface area contributed by atoms with Crippen molar-refractivity contribution in [3.63, 3.8) is 0 Å². The lowest BCUT2D eigenvalue weighted by Crippen LogP contribution is -2.53. The predicted molar refractivity (Wildman–Crippen MR) is 76.0 cm³/mol. The topological polar surface area (TPSA) is 60.9 Å². The van der Waals surface area contributed by atoms with E-state index in [1.807, 2.05) is 19.1 Å². The minimum atomic E-state index is -0.167. The fraction of sp³-hybridized carbons (Fsp3) is 0.429. The van der Waals surface area contributed by atoms with Gasteiger partial charge in [-0.15, -0.1) is 11.3 Å². The molecule has 6 heteroatoms. The molecule has 0 aliphatic carbocycles. The van der Waals surface area contributed by atoms with Crippen molar-refractivity contribution in [2.45, 2.75) is 13.5 Å². The number of hydrogen-bond donors (Lipinski definition) is 1. The van der Waals surface area contributed by atoms with Gasteiger partial charge in [-0.2, -0.15) is 0 Å². The zero-order valence-electron chi connectivity index (χ0n) is 11.3. The number of amides is 2. The van der Waals surface area contributed by atoms with Crippen molar-refractivity contribution in [1.82, 2.24) is 9.80 Å². The summed E-state index contributed by atoms with van der Waals surface area (Å²) in [6.45, 7) is 3.01. The van der Waals surface area contributed by atoms with Crippen molar-refractivity contribution >= 4 is 23.2 Å². The van der Waals surface area contributed by atoms with E-state index in [4.69, 9.17) is 5.11 Å². The van der Waals surface area contributed by atoms with E-state index < -0.39 is 0 Å². The van der Waals surface area contributed by atoms with Gasteiger partial charge in [-0.25, -0.2) is 0 Å². The number of likely N-dealkylation sites (N-methyl/N-ethyl adjacent to an activating group) is 1. The van der Waals surface area contributed by atoms with Crippen LogP contribution >= 0.6 is 11.3 Å². The first kappa shape index (κ1) is 14.6. The third kappa shape index (κ3) is 3.38. The van der Waals surface area contributed by atoms with Crippen molar-refractivity contribution in [1.29, 1.82) is 0 Å². The van der Waals surface area contributed by atoms with Crippen LogP contribution in [0.25, 0.3) is 0 Å². The number of carbonyl (C=O) groups is 2. The Morgan fingerprint density at radius 1 is 1.25 bits per heavy atom. The molecule has 20 heavy (non-hydrogen) atoms. The molecule has 1 aliphatic heterocycles. The van der Waals surface area contributed by atoms with Crippen LogP contribution in [-0.4, -0.2) is 53.0 Å². The smallest absolute Gasteiger partial charge is 0.242 e. The lowest BCUT2D eigenvalue weighted by molar-refractivity contribution is -0.150. The summed E-state index contributed by atoms with van der Waals surface area (Å²) in [5, 5.41) is 8.64. The number of thiophene rings is 1. The van der Waals surface area contributed by atoms with Crippen molar-refractivity contribution in [3.8, 4) is 11.8 Å². The summed E-state index contributed by atoms with van der Waals surface area (Å²) in [6.07, 6.45) is 0. The highest BCUT2D eigenvalue weighted by Gasteiger charge is 2.28. The van der Waals surface area contributed by atoms with Crippen molar-refractivity contribution in [2.24, 2.45) is 0 Å². The van der Waals surface area contributed by atoms with Gasteiger partial charge in [0.05, 0.1) is 18.0 Å². The van der Waals surface area contributed by atoms with Gasteiger partial charge in [0, 0.05) is 11.4 Å². The predicted octanol–water partition coefficient (Wildman–Crippen LogP) is 0.283. The summed E-state index contributed by atoms with van der Waals surface area (Å²) < 4.78 is 0. The molecule has 0 radical (unpaired) electrons. The van der Waals surface area contributed by atoms with Gasteiger partial charge in [-0.1, -0.05) is 11.8 Å². The second-order valence-electron chi connectivity index (χ2n) is 4.38. The van der Waals surface area contributed by atoms with E-state index in [-0.39, 0.29) is 31.5 Å². The number of rotatable bonds is 3. The van der Waals surface area contributed by atoms with E-state index in [0.29, 0.717) is 13.1 Å². The van der Waals surface area contributed by atoms with E-state index in [1.165, 1.54) is 11.3 Å². The Bertz CT molecular complexity index is 570. The first-order chi connectivity index (χ1) is 9.63. The van der Waals surface area contributed by atoms with E-state index in [1.54, 1.807) is 9.80 Å². The minimum Gasteiger partial charge on any atom is -0.384 e. The second-order valence-corrected chi connectivity index (χ2v) is 5.55. The maximum Gasteiger partial charge on any atom is 0.242 e. The molecule has 1 aromatic rings. The molecule has 1 fully saturated rings. The SMILES string of the molecule is CCN1CC(=O)N(Cc2ccc(C#CCO)s2)CC1=O. The molecule has 0 saturated carbocycles. The van der Waals surface area contributed by atoms with Crippen LogP contribution in [0, 0.1) is 11.8 Å². The summed E-state index contributed by atoms with van der Waals surface area (Å²) in [6, 6.07) is 3.76. The van der Waals surface area contributed by atoms with Gasteiger partial charge >= 0.3 is 0 Å². The molecule has 2 heterocycles. The molecule has 0 bridgehead atoms. The Balaban J connectivity index is 2.01. The minimum absolute atomic E-state index is 0.0102. The second kappa shape index (κ2) is 6.55. The average molecular weight is 292 g/mol. The Morgan fingerprint density at radius 2 is 1.95 bits per heavy atom. The Labute approximate surface area is 121 Å². The van der Waals surface area contributed by atoms with Gasteiger partial charge in [0.2, 0.25) is 11.8 Å². The Morgan fingerprint density at radius 3 is 2.65 bits per heavy atom. The van der Waals surface area contributed by atoms with Crippen LogP contribution in [0.4, 0.5) is 0 Å². The summed E-state index contributed by atoms with van der Waals surface area (Å²) >= 11 is 1.47. The summed E-state index contributed by atoms with van der Waals surface area (Å²) in [4.78, 5) is 28.7. The summed E-state index contributed by atoms with van der Waals surface area (Å²) in [5.41, 5.74) is 0. The van der Waals surface area contributed by atoms with E-state index in [9.17, 15) is 9.59 Å². The highest BCUT2D eigenvalue weighted by atomic mass is 32.1. The molecule has 2 rings (SSSR count). The molecule has 1 aromatic heterocycles. The number of hydrogen-bond acceptors (Lipinski definition) is 4. The van der Waals surface area contributed by atoms with Gasteiger partial charge in [-0.3, -0.25) is 9.59 Å². The Hall–Kier alpha value is -1.84. The van der Waals surface area contributed by atoms with Crippen LogP contribution in [0.15, 0.2) is 12.1 Å². The molecule has 0 atom stereocenters. The number of nitrogens with zero attached hydrogens (tertiary/aromatic N) is 2. The first-order valence-electron chi connectivity index (χ1n) is 6.38. The third-order valence-electron chi connectivity index (χ3n) is 3.04. The molecule has 0 aromatic carbocycles. The lowest BCUT2D eigenvalue weighted by Gasteiger charge is -2.32. The standard InChI is InChI=1S/C14H16N2O3S/c1-2-15-9-14(19)16(10-13(15)18)8-12-6-5-11(20-12)4-3-7-17/h5-6,17H,2,7-10H2,1H3. The van der Waals surface area contributed by atoms with Gasteiger partial charge < -0.3 is 14.9 Å². The third-order valence-corrected chi connectivity index (χ3v) is 4.02. The van der Waals surface area contributed by atoms with Gasteiger partial charge in [0.1, 0.15) is 13.2 Å². The molecule has 0 unspecified atom stereocenters. The number of piperazine rings is 1. The molecule has 1 saturated heterocycles. The number of carbonyl (C=O) groups excluding carboxylic acids is 2. The van der Waals surface area contributed by atoms with Crippen molar-refractivity contribution < 1.29 is 14.7 Å². The van der Waals surface area contributed by atoms with E-state index >= 15 is 0 Å². The van der Waals surface area contributed by atoms with Crippen LogP contribution in [0.3, 0.4) is 0 Å². The van der Waals surface area contributed by atoms with Gasteiger partial charge in [0.15, 0.2) is 0 Å². The Kier molecular flexibility index (Phi) is 4.77. The number of aliphatic hydroxyl groups is 1. The maximum atomic E-state index is 12.0. The molecular formula is C14H16N2O3S. The summed E-state index contributed by atoms with van der Waals surface area (Å²) in [5.74, 6) is 5.38. The van der Waals surface area contributed by atoms with Crippen LogP contribution in [0.2, 0.25) is 0 Å². The molecule has 106 valence electrons. The maximum absolute atomic E-state index is 12.0. The fourth-order valence-corrected chi connectivity index (χ4v) is 2.88. The largest absolute Gasteiger partial charge is 0.384 e. The van der Waals surface area contributed by atoms with Crippen LogP contribution in [-0.2, 0) is 16.1 Å². The first-order valence-corrected chi connectivity index (χ1v) is 7.19. The molecule has 1 aliphatic rings. The summed E-state index contributed by atoms with van der Waals surface area (Å²) in [7, 11) is 0. The highest BCUT2D eigenvalue weighted by Crippen LogP contribution is 2.19.